The van der Waals surface area contributed by atoms with Crippen LogP contribution < -0.4 is 16.4 Å². The average Bonchev–Trinajstić information content (AvgIpc) is 2.48. The molecule has 128 valence electrons. The lowest BCUT2D eigenvalue weighted by Crippen LogP contribution is -2.63. The summed E-state index contributed by atoms with van der Waals surface area (Å²) >= 11 is 0. The van der Waals surface area contributed by atoms with Crippen molar-refractivity contribution in [1.82, 2.24) is 0 Å². The first kappa shape index (κ1) is 15.4. The zero-order valence-corrected chi connectivity index (χ0v) is 13.5. The lowest BCUT2D eigenvalue weighted by atomic mass is 9.52. The molecule has 6 heteroatoms. The SMILES string of the molecule is NC(=O)c1cccc(N(C(N)=O)C2[C@H]3CC4C[C@H]2CC(O)(C4)C3)c1. The van der Waals surface area contributed by atoms with Crippen molar-refractivity contribution in [1.29, 1.82) is 0 Å². The van der Waals surface area contributed by atoms with Gasteiger partial charge in [-0.2, -0.15) is 0 Å². The van der Waals surface area contributed by atoms with Gasteiger partial charge in [0.05, 0.1) is 5.60 Å². The minimum absolute atomic E-state index is 0.0116. The highest BCUT2D eigenvalue weighted by molar-refractivity contribution is 5.96. The van der Waals surface area contributed by atoms with E-state index in [9.17, 15) is 14.7 Å². The van der Waals surface area contributed by atoms with Crippen LogP contribution in [0, 0.1) is 17.8 Å². The molecule has 4 aliphatic carbocycles. The maximum absolute atomic E-state index is 12.3. The Kier molecular flexibility index (Phi) is 3.35. The minimum atomic E-state index is -0.564. The summed E-state index contributed by atoms with van der Waals surface area (Å²) in [6.07, 6.45) is 4.40. The molecule has 0 aromatic heterocycles. The molecule has 1 aromatic rings. The van der Waals surface area contributed by atoms with Crippen LogP contribution in [0.2, 0.25) is 0 Å². The number of anilines is 1. The molecule has 0 aliphatic heterocycles. The Hall–Kier alpha value is -2.08. The summed E-state index contributed by atoms with van der Waals surface area (Å²) in [7, 11) is 0. The summed E-state index contributed by atoms with van der Waals surface area (Å²) in [4.78, 5) is 25.3. The van der Waals surface area contributed by atoms with Crippen LogP contribution >= 0.6 is 0 Å². The van der Waals surface area contributed by atoms with Gasteiger partial charge in [-0.15, -0.1) is 0 Å². The Morgan fingerprint density at radius 2 is 1.79 bits per heavy atom. The van der Waals surface area contributed by atoms with Gasteiger partial charge in [0.25, 0.3) is 0 Å². The third-order valence-corrected chi connectivity index (χ3v) is 6.14. The minimum Gasteiger partial charge on any atom is -0.390 e. The average molecular weight is 329 g/mol. The van der Waals surface area contributed by atoms with Gasteiger partial charge >= 0.3 is 6.03 Å². The molecule has 6 nitrogen and oxygen atoms in total. The number of nitrogens with two attached hydrogens (primary N) is 2. The maximum atomic E-state index is 12.3. The molecule has 1 aromatic carbocycles. The van der Waals surface area contributed by atoms with E-state index < -0.39 is 17.5 Å². The Morgan fingerprint density at radius 3 is 2.33 bits per heavy atom. The molecule has 2 atom stereocenters. The first-order valence-corrected chi connectivity index (χ1v) is 8.57. The normalized spacial score (nSPS) is 36.5. The lowest BCUT2D eigenvalue weighted by Gasteiger charge is -2.59. The van der Waals surface area contributed by atoms with Crippen molar-refractivity contribution in [3.63, 3.8) is 0 Å². The maximum Gasteiger partial charge on any atom is 0.319 e. The molecule has 0 spiro atoms. The van der Waals surface area contributed by atoms with Crippen molar-refractivity contribution < 1.29 is 14.7 Å². The zero-order chi connectivity index (χ0) is 17.1. The first-order valence-electron chi connectivity index (χ1n) is 8.57. The van der Waals surface area contributed by atoms with Crippen molar-refractivity contribution in [3.8, 4) is 0 Å². The Labute approximate surface area is 140 Å². The highest BCUT2D eigenvalue weighted by atomic mass is 16.3. The van der Waals surface area contributed by atoms with Crippen LogP contribution in [-0.4, -0.2) is 28.7 Å². The van der Waals surface area contributed by atoms with E-state index in [1.807, 2.05) is 0 Å². The zero-order valence-electron chi connectivity index (χ0n) is 13.5. The van der Waals surface area contributed by atoms with Gasteiger partial charge in [0, 0.05) is 17.3 Å². The predicted octanol–water partition coefficient (Wildman–Crippen LogP) is 1.61. The second-order valence-corrected chi connectivity index (χ2v) is 7.81. The van der Waals surface area contributed by atoms with Crippen LogP contribution in [0.25, 0.3) is 0 Å². The molecule has 0 heterocycles. The van der Waals surface area contributed by atoms with E-state index >= 15 is 0 Å². The number of benzene rings is 1. The molecule has 5 rings (SSSR count). The van der Waals surface area contributed by atoms with Gasteiger partial charge in [0.15, 0.2) is 0 Å². The van der Waals surface area contributed by atoms with Gasteiger partial charge in [-0.3, -0.25) is 9.69 Å². The van der Waals surface area contributed by atoms with Gasteiger partial charge < -0.3 is 16.6 Å². The molecule has 24 heavy (non-hydrogen) atoms. The van der Waals surface area contributed by atoms with Crippen molar-refractivity contribution in [3.05, 3.63) is 29.8 Å². The molecule has 4 aliphatic rings. The largest absolute Gasteiger partial charge is 0.390 e. The van der Waals surface area contributed by atoms with Gasteiger partial charge in [-0.05, 0) is 68.1 Å². The molecular formula is C18H23N3O3. The summed E-state index contributed by atoms with van der Waals surface area (Å²) < 4.78 is 0. The number of aliphatic hydroxyl groups is 1. The van der Waals surface area contributed by atoms with Gasteiger partial charge in [0.2, 0.25) is 5.91 Å². The predicted molar refractivity (Wildman–Crippen MR) is 89.3 cm³/mol. The molecule has 4 saturated carbocycles. The molecule has 5 N–H and O–H groups in total. The van der Waals surface area contributed by atoms with Crippen LogP contribution in [0.15, 0.2) is 24.3 Å². The standard InChI is InChI=1S/C18H23N3O3/c19-16(22)11-2-1-3-14(6-11)21(17(20)23)15-12-4-10-5-13(15)9-18(24,7-10)8-12/h1-3,6,10,12-13,15,24H,4-5,7-9H2,(H2,19,22)(H2,20,23)/t10?,12-,13-,15?,18?/m0/s1. The molecule has 0 radical (unpaired) electrons. The molecule has 3 amide bonds. The number of hydrogen-bond donors (Lipinski definition) is 3. The van der Waals surface area contributed by atoms with Gasteiger partial charge in [0.1, 0.15) is 0 Å². The monoisotopic (exact) mass is 329 g/mol. The van der Waals surface area contributed by atoms with E-state index in [2.05, 4.69) is 0 Å². The highest BCUT2D eigenvalue weighted by Gasteiger charge is 2.56. The van der Waals surface area contributed by atoms with E-state index in [0.717, 1.165) is 32.1 Å². The highest BCUT2D eigenvalue weighted by Crippen LogP contribution is 2.57. The number of rotatable bonds is 3. The summed E-state index contributed by atoms with van der Waals surface area (Å²) in [6.45, 7) is 0. The summed E-state index contributed by atoms with van der Waals surface area (Å²) in [5.74, 6) is 0.535. The van der Waals surface area contributed by atoms with E-state index in [1.165, 1.54) is 0 Å². The number of hydrogen-bond acceptors (Lipinski definition) is 3. The lowest BCUT2D eigenvalue weighted by molar-refractivity contribution is -0.132. The van der Waals surface area contributed by atoms with E-state index in [1.54, 1.807) is 29.2 Å². The number of primary amides is 2. The van der Waals surface area contributed by atoms with Crippen molar-refractivity contribution in [2.45, 2.75) is 43.7 Å². The van der Waals surface area contributed by atoms with Crippen LogP contribution in [0.5, 0.6) is 0 Å². The molecule has 4 fully saturated rings. The third-order valence-electron chi connectivity index (χ3n) is 6.14. The fourth-order valence-corrected chi connectivity index (χ4v) is 5.63. The number of carbonyl (C=O) groups excluding carboxylic acids is 2. The van der Waals surface area contributed by atoms with Crippen LogP contribution in [-0.2, 0) is 0 Å². The summed E-state index contributed by atoms with van der Waals surface area (Å²) in [5.41, 5.74) is 11.5. The van der Waals surface area contributed by atoms with Crippen LogP contribution in [0.3, 0.4) is 0 Å². The van der Waals surface area contributed by atoms with Gasteiger partial charge in [-0.25, -0.2) is 4.79 Å². The van der Waals surface area contributed by atoms with E-state index in [0.29, 0.717) is 17.2 Å². The van der Waals surface area contributed by atoms with Crippen LogP contribution in [0.4, 0.5) is 10.5 Å². The fourth-order valence-electron chi connectivity index (χ4n) is 5.63. The number of nitrogens with zero attached hydrogens (tertiary/aromatic N) is 1. The Bertz CT molecular complexity index is 689. The molecule has 0 unspecified atom stereocenters. The number of carbonyl (C=O) groups is 2. The number of urea groups is 1. The molecule has 4 bridgehead atoms. The Balaban J connectivity index is 1.71. The Morgan fingerprint density at radius 1 is 1.12 bits per heavy atom. The van der Waals surface area contributed by atoms with Gasteiger partial charge in [-0.1, -0.05) is 6.07 Å². The topological polar surface area (TPSA) is 110 Å². The molecule has 0 saturated heterocycles. The second-order valence-electron chi connectivity index (χ2n) is 7.81. The van der Waals surface area contributed by atoms with E-state index in [-0.39, 0.29) is 17.9 Å². The first-order chi connectivity index (χ1) is 11.4. The van der Waals surface area contributed by atoms with Crippen molar-refractivity contribution in [2.24, 2.45) is 29.2 Å². The van der Waals surface area contributed by atoms with E-state index in [4.69, 9.17) is 11.5 Å². The summed E-state index contributed by atoms with van der Waals surface area (Å²) in [5, 5.41) is 10.7. The van der Waals surface area contributed by atoms with Crippen molar-refractivity contribution >= 4 is 17.6 Å². The number of amides is 3. The third kappa shape index (κ3) is 2.36. The fraction of sp³-hybridized carbons (Fsp3) is 0.556. The summed E-state index contributed by atoms with van der Waals surface area (Å²) in [6, 6.07) is 6.24. The second kappa shape index (κ2) is 5.21. The molecular weight excluding hydrogens is 306 g/mol. The smallest absolute Gasteiger partial charge is 0.319 e. The van der Waals surface area contributed by atoms with Crippen LogP contribution in [0.1, 0.15) is 42.5 Å². The van der Waals surface area contributed by atoms with Crippen molar-refractivity contribution in [2.75, 3.05) is 4.90 Å². The quantitative estimate of drug-likeness (QED) is 0.783.